The number of carbonyl (C=O) groups is 1. The van der Waals surface area contributed by atoms with Crippen LogP contribution < -0.4 is 15.4 Å². The molecule has 1 aromatic carbocycles. The summed E-state index contributed by atoms with van der Waals surface area (Å²) in [5, 5.41) is 6.31. The highest BCUT2D eigenvalue weighted by atomic mass is 35.5. The second-order valence-corrected chi connectivity index (χ2v) is 4.23. The first kappa shape index (κ1) is 17.0. The molecule has 1 amide bonds. The Kier molecular flexibility index (Phi) is 7.75. The van der Waals surface area contributed by atoms with E-state index >= 15 is 0 Å². The van der Waals surface area contributed by atoms with Crippen LogP contribution >= 0.6 is 24.0 Å². The summed E-state index contributed by atoms with van der Waals surface area (Å²) in [6.07, 6.45) is 0. The van der Waals surface area contributed by atoms with Crippen molar-refractivity contribution in [2.45, 2.75) is 6.92 Å². The fourth-order valence-electron chi connectivity index (χ4n) is 1.43. The Morgan fingerprint density at radius 2 is 2.17 bits per heavy atom. The summed E-state index contributed by atoms with van der Waals surface area (Å²) in [5.41, 5.74) is 0.591. The SMILES string of the molecule is CNCC(C)C(=O)Nc1cc(Cl)ccc1OC.Cl. The summed E-state index contributed by atoms with van der Waals surface area (Å²) in [4.78, 5) is 11.8. The monoisotopic (exact) mass is 292 g/mol. The van der Waals surface area contributed by atoms with Crippen LogP contribution in [-0.2, 0) is 4.79 Å². The van der Waals surface area contributed by atoms with Gasteiger partial charge in [0.1, 0.15) is 5.75 Å². The average molecular weight is 293 g/mol. The minimum absolute atomic E-state index is 0. The lowest BCUT2D eigenvalue weighted by Gasteiger charge is -2.14. The molecule has 0 saturated carbocycles. The molecule has 0 heterocycles. The highest BCUT2D eigenvalue weighted by Gasteiger charge is 2.14. The van der Waals surface area contributed by atoms with E-state index < -0.39 is 0 Å². The van der Waals surface area contributed by atoms with Crippen molar-refractivity contribution in [2.75, 3.05) is 26.0 Å². The highest BCUT2D eigenvalue weighted by molar-refractivity contribution is 6.31. The minimum Gasteiger partial charge on any atom is -0.495 e. The molecule has 1 aromatic rings. The molecule has 1 rings (SSSR count). The van der Waals surface area contributed by atoms with E-state index in [1.165, 1.54) is 0 Å². The molecule has 1 atom stereocenters. The summed E-state index contributed by atoms with van der Waals surface area (Å²) in [6, 6.07) is 5.11. The van der Waals surface area contributed by atoms with Crippen LogP contribution in [0.4, 0.5) is 5.69 Å². The molecule has 0 bridgehead atoms. The van der Waals surface area contributed by atoms with Gasteiger partial charge in [0, 0.05) is 17.5 Å². The maximum Gasteiger partial charge on any atom is 0.228 e. The van der Waals surface area contributed by atoms with Gasteiger partial charge >= 0.3 is 0 Å². The third-order valence-corrected chi connectivity index (χ3v) is 2.61. The lowest BCUT2D eigenvalue weighted by Crippen LogP contribution is -2.28. The molecule has 0 saturated heterocycles. The molecule has 0 aliphatic heterocycles. The Balaban J connectivity index is 0.00000289. The van der Waals surface area contributed by atoms with Gasteiger partial charge < -0.3 is 15.4 Å². The summed E-state index contributed by atoms with van der Waals surface area (Å²) in [7, 11) is 3.36. The predicted octanol–water partition coefficient (Wildman–Crippen LogP) is 2.56. The first-order valence-electron chi connectivity index (χ1n) is 5.37. The van der Waals surface area contributed by atoms with Crippen molar-refractivity contribution < 1.29 is 9.53 Å². The van der Waals surface area contributed by atoms with E-state index in [1.54, 1.807) is 25.3 Å². The van der Waals surface area contributed by atoms with Crippen molar-refractivity contribution >= 4 is 35.6 Å². The van der Waals surface area contributed by atoms with E-state index in [0.29, 0.717) is 23.0 Å². The van der Waals surface area contributed by atoms with Crippen molar-refractivity contribution in [1.82, 2.24) is 5.32 Å². The minimum atomic E-state index is -0.122. The van der Waals surface area contributed by atoms with Crippen LogP contribution in [0.2, 0.25) is 5.02 Å². The van der Waals surface area contributed by atoms with E-state index in [1.807, 2.05) is 14.0 Å². The lowest BCUT2D eigenvalue weighted by atomic mass is 10.1. The number of amides is 1. The molecule has 0 aliphatic rings. The normalized spacial score (nSPS) is 11.3. The molecule has 0 spiro atoms. The number of methoxy groups -OCH3 is 1. The molecule has 0 aliphatic carbocycles. The van der Waals surface area contributed by atoms with Crippen molar-refractivity contribution in [3.63, 3.8) is 0 Å². The van der Waals surface area contributed by atoms with Gasteiger partial charge in [0.25, 0.3) is 0 Å². The number of hydrogen-bond donors (Lipinski definition) is 2. The molecular formula is C12H18Cl2N2O2. The standard InChI is InChI=1S/C12H17ClN2O2.ClH/c1-8(7-14-2)12(16)15-10-6-9(13)4-5-11(10)17-3;/h4-6,8,14H,7H2,1-3H3,(H,15,16);1H. The van der Waals surface area contributed by atoms with Crippen LogP contribution in [0, 0.1) is 5.92 Å². The zero-order valence-electron chi connectivity index (χ0n) is 10.6. The molecule has 6 heteroatoms. The van der Waals surface area contributed by atoms with Gasteiger partial charge in [-0.25, -0.2) is 0 Å². The second-order valence-electron chi connectivity index (χ2n) is 3.79. The third-order valence-electron chi connectivity index (χ3n) is 2.38. The Labute approximate surface area is 118 Å². The molecule has 18 heavy (non-hydrogen) atoms. The summed E-state index contributed by atoms with van der Waals surface area (Å²) in [5.74, 6) is 0.406. The van der Waals surface area contributed by atoms with Gasteiger partial charge in [0.05, 0.1) is 12.8 Å². The number of carbonyl (C=O) groups excluding carboxylic acids is 1. The number of anilines is 1. The van der Waals surface area contributed by atoms with Crippen LogP contribution in [0.25, 0.3) is 0 Å². The number of nitrogens with one attached hydrogen (secondary N) is 2. The van der Waals surface area contributed by atoms with E-state index in [9.17, 15) is 4.79 Å². The van der Waals surface area contributed by atoms with Crippen molar-refractivity contribution in [3.8, 4) is 5.75 Å². The fourth-order valence-corrected chi connectivity index (χ4v) is 1.60. The summed E-state index contributed by atoms with van der Waals surface area (Å²) >= 11 is 5.88. The van der Waals surface area contributed by atoms with Crippen LogP contribution in [0.15, 0.2) is 18.2 Å². The van der Waals surface area contributed by atoms with Gasteiger partial charge in [-0.15, -0.1) is 12.4 Å². The van der Waals surface area contributed by atoms with Crippen molar-refractivity contribution in [3.05, 3.63) is 23.2 Å². The summed E-state index contributed by atoms with van der Waals surface area (Å²) < 4.78 is 5.15. The topological polar surface area (TPSA) is 50.4 Å². The number of rotatable bonds is 5. The van der Waals surface area contributed by atoms with E-state index in [-0.39, 0.29) is 24.2 Å². The predicted molar refractivity (Wildman–Crippen MR) is 77.0 cm³/mol. The van der Waals surface area contributed by atoms with Gasteiger partial charge in [-0.3, -0.25) is 4.79 Å². The van der Waals surface area contributed by atoms with Crippen LogP contribution in [-0.4, -0.2) is 26.6 Å². The molecular weight excluding hydrogens is 275 g/mol. The van der Waals surface area contributed by atoms with Crippen LogP contribution in [0.3, 0.4) is 0 Å². The molecule has 1 unspecified atom stereocenters. The molecule has 0 fully saturated rings. The number of benzene rings is 1. The molecule has 2 N–H and O–H groups in total. The average Bonchev–Trinajstić information content (AvgIpc) is 2.29. The first-order valence-corrected chi connectivity index (χ1v) is 5.75. The Morgan fingerprint density at radius 3 is 2.72 bits per heavy atom. The van der Waals surface area contributed by atoms with Gasteiger partial charge in [0.15, 0.2) is 0 Å². The van der Waals surface area contributed by atoms with Crippen molar-refractivity contribution in [1.29, 1.82) is 0 Å². The molecule has 102 valence electrons. The first-order chi connectivity index (χ1) is 8.08. The van der Waals surface area contributed by atoms with Gasteiger partial charge in [0.2, 0.25) is 5.91 Å². The molecule has 0 aromatic heterocycles. The Hall–Kier alpha value is -0.970. The maximum atomic E-state index is 11.8. The molecule has 0 radical (unpaired) electrons. The van der Waals surface area contributed by atoms with Gasteiger partial charge in [-0.2, -0.15) is 0 Å². The third kappa shape index (κ3) is 4.72. The van der Waals surface area contributed by atoms with Crippen LogP contribution in [0.1, 0.15) is 6.92 Å². The second kappa shape index (κ2) is 8.19. The van der Waals surface area contributed by atoms with Gasteiger partial charge in [-0.1, -0.05) is 18.5 Å². The number of ether oxygens (including phenoxy) is 1. The smallest absolute Gasteiger partial charge is 0.228 e. The zero-order valence-corrected chi connectivity index (χ0v) is 12.2. The lowest BCUT2D eigenvalue weighted by molar-refractivity contribution is -0.119. The molecule has 4 nitrogen and oxygen atoms in total. The van der Waals surface area contributed by atoms with E-state index in [0.717, 1.165) is 0 Å². The Bertz CT molecular complexity index is 400. The number of hydrogen-bond acceptors (Lipinski definition) is 3. The zero-order chi connectivity index (χ0) is 12.8. The fraction of sp³-hybridized carbons (Fsp3) is 0.417. The quantitative estimate of drug-likeness (QED) is 0.877. The largest absolute Gasteiger partial charge is 0.495 e. The highest BCUT2D eigenvalue weighted by Crippen LogP contribution is 2.27. The van der Waals surface area contributed by atoms with E-state index in [2.05, 4.69) is 10.6 Å². The van der Waals surface area contributed by atoms with Crippen LogP contribution in [0.5, 0.6) is 5.75 Å². The van der Waals surface area contributed by atoms with Gasteiger partial charge in [-0.05, 0) is 25.2 Å². The Morgan fingerprint density at radius 1 is 1.50 bits per heavy atom. The number of halogens is 2. The van der Waals surface area contributed by atoms with E-state index in [4.69, 9.17) is 16.3 Å². The summed E-state index contributed by atoms with van der Waals surface area (Å²) in [6.45, 7) is 2.47. The van der Waals surface area contributed by atoms with Crippen molar-refractivity contribution in [2.24, 2.45) is 5.92 Å². The maximum absolute atomic E-state index is 11.8.